The zero-order valence-electron chi connectivity index (χ0n) is 16.4. The number of ether oxygens (including phenoxy) is 1. The number of nitrogens with zero attached hydrogens (tertiary/aromatic N) is 2. The minimum atomic E-state index is -0.111. The maximum Gasteiger partial charge on any atom is 0.309 e. The summed E-state index contributed by atoms with van der Waals surface area (Å²) < 4.78 is 6.07. The molecule has 2 aliphatic rings. The second kappa shape index (κ2) is 8.57. The van der Waals surface area contributed by atoms with Crippen LogP contribution >= 0.6 is 11.3 Å². The molecule has 2 aromatic rings. The van der Waals surface area contributed by atoms with Gasteiger partial charge < -0.3 is 14.5 Å². The number of fused-ring (bicyclic) bond motifs is 1. The molecule has 1 N–H and O–H groups in total. The number of para-hydroxylation sites is 1. The number of carbonyl (C=O) groups excluding carboxylic acids is 2. The average molecular weight is 403 g/mol. The number of nitrogens with one attached hydrogen (secondary N) is 1. The quantitative estimate of drug-likeness (QED) is 0.787. The van der Waals surface area contributed by atoms with Crippen LogP contribution in [0.4, 0.5) is 0 Å². The zero-order valence-corrected chi connectivity index (χ0v) is 17.2. The largest absolute Gasteiger partial charge is 0.469 e. The van der Waals surface area contributed by atoms with Gasteiger partial charge >= 0.3 is 5.97 Å². The predicted octanol–water partition coefficient (Wildman–Crippen LogP) is 1.47. The molecule has 0 aliphatic carbocycles. The minimum Gasteiger partial charge on any atom is -0.469 e. The molecule has 1 atom stereocenters. The fraction of sp³-hybridized carbons (Fsp3) is 0.571. The molecule has 0 bridgehead atoms. The summed E-state index contributed by atoms with van der Waals surface area (Å²) in [4.78, 5) is 32.7. The van der Waals surface area contributed by atoms with Gasteiger partial charge in [-0.05, 0) is 25.0 Å². The van der Waals surface area contributed by atoms with Crippen molar-refractivity contribution in [3.63, 3.8) is 0 Å². The van der Waals surface area contributed by atoms with Crippen molar-refractivity contribution in [1.82, 2.24) is 9.88 Å². The lowest BCUT2D eigenvalue weighted by Gasteiger charge is -2.34. The number of amides is 1. The first kappa shape index (κ1) is 19.3. The van der Waals surface area contributed by atoms with Crippen molar-refractivity contribution in [3.8, 4) is 0 Å². The number of aromatic nitrogens is 1. The third kappa shape index (κ3) is 4.20. The monoisotopic (exact) mass is 402 g/mol. The van der Waals surface area contributed by atoms with E-state index in [-0.39, 0.29) is 17.8 Å². The molecule has 0 radical (unpaired) electrons. The van der Waals surface area contributed by atoms with Gasteiger partial charge in [-0.15, -0.1) is 11.3 Å². The van der Waals surface area contributed by atoms with Crippen LogP contribution in [0.2, 0.25) is 0 Å². The van der Waals surface area contributed by atoms with E-state index in [2.05, 4.69) is 12.1 Å². The van der Waals surface area contributed by atoms with Crippen LogP contribution in [0.5, 0.6) is 0 Å². The molecule has 7 heteroatoms. The van der Waals surface area contributed by atoms with Gasteiger partial charge in [-0.25, -0.2) is 4.98 Å². The summed E-state index contributed by atoms with van der Waals surface area (Å²) in [7, 11) is 1.45. The van der Waals surface area contributed by atoms with Crippen molar-refractivity contribution in [1.29, 1.82) is 0 Å². The number of thiazole rings is 1. The van der Waals surface area contributed by atoms with Gasteiger partial charge in [0.1, 0.15) is 0 Å². The summed E-state index contributed by atoms with van der Waals surface area (Å²) in [5, 5.41) is 1.16. The Morgan fingerprint density at radius 3 is 2.79 bits per heavy atom. The third-order valence-corrected chi connectivity index (χ3v) is 7.26. The smallest absolute Gasteiger partial charge is 0.309 e. The predicted molar refractivity (Wildman–Crippen MR) is 108 cm³/mol. The molecule has 4 rings (SSSR count). The topological polar surface area (TPSA) is 63.9 Å². The Morgan fingerprint density at radius 2 is 2.04 bits per heavy atom. The van der Waals surface area contributed by atoms with Crippen molar-refractivity contribution in [3.05, 3.63) is 29.3 Å². The average Bonchev–Trinajstić information content (AvgIpc) is 3.18. The first-order valence-electron chi connectivity index (χ1n) is 10.2. The first-order valence-corrected chi connectivity index (χ1v) is 11.0. The van der Waals surface area contributed by atoms with E-state index in [0.29, 0.717) is 12.5 Å². The van der Waals surface area contributed by atoms with Crippen LogP contribution in [0.15, 0.2) is 24.3 Å². The summed E-state index contributed by atoms with van der Waals surface area (Å²) in [6.07, 6.45) is 3.75. The maximum absolute atomic E-state index is 12.9. The van der Waals surface area contributed by atoms with Crippen molar-refractivity contribution < 1.29 is 19.2 Å². The molecule has 0 saturated carbocycles. The Balaban J connectivity index is 1.33. The van der Waals surface area contributed by atoms with E-state index >= 15 is 0 Å². The highest BCUT2D eigenvalue weighted by atomic mass is 32.1. The Kier molecular flexibility index (Phi) is 5.92. The van der Waals surface area contributed by atoms with E-state index in [9.17, 15) is 9.59 Å². The number of hydrogen-bond donors (Lipinski definition) is 1. The van der Waals surface area contributed by atoms with Gasteiger partial charge in [0.05, 0.1) is 41.3 Å². The number of rotatable bonds is 4. The van der Waals surface area contributed by atoms with Gasteiger partial charge in [0, 0.05) is 31.8 Å². The molecular weight excluding hydrogens is 374 g/mol. The van der Waals surface area contributed by atoms with Crippen LogP contribution < -0.4 is 4.90 Å². The van der Waals surface area contributed by atoms with E-state index in [1.807, 2.05) is 17.0 Å². The van der Waals surface area contributed by atoms with Crippen LogP contribution in [0.1, 0.15) is 36.6 Å². The molecule has 2 saturated heterocycles. The standard InChI is InChI=1S/C21H27N3O3S/c1-27-21(26)15-8-11-23(12-9-15)14-19(25)24-10-4-5-16(13-24)20-22-17-6-2-3-7-18(17)28-20/h2-3,6-7,15-16H,4-5,8-14H2,1H3/p+1/t16-/m1/s1. The second-order valence-electron chi connectivity index (χ2n) is 7.92. The number of esters is 1. The van der Waals surface area contributed by atoms with Gasteiger partial charge in [0.2, 0.25) is 0 Å². The molecule has 1 aromatic carbocycles. The number of hydrogen-bond acceptors (Lipinski definition) is 5. The Morgan fingerprint density at radius 1 is 1.25 bits per heavy atom. The maximum atomic E-state index is 12.9. The zero-order chi connectivity index (χ0) is 19.5. The lowest BCUT2D eigenvalue weighted by Crippen LogP contribution is -3.14. The molecule has 1 aromatic heterocycles. The molecule has 3 heterocycles. The molecule has 0 spiro atoms. The summed E-state index contributed by atoms with van der Waals surface area (Å²) in [5.41, 5.74) is 1.06. The van der Waals surface area contributed by atoms with Crippen molar-refractivity contribution >= 4 is 33.4 Å². The SMILES string of the molecule is COC(=O)C1CC[NH+](CC(=O)N2CCC[C@@H](c3nc4ccccc4s3)C2)CC1. The van der Waals surface area contributed by atoms with Crippen LogP contribution in [0.25, 0.3) is 10.2 Å². The molecule has 6 nitrogen and oxygen atoms in total. The molecule has 2 fully saturated rings. The highest BCUT2D eigenvalue weighted by Gasteiger charge is 2.32. The fourth-order valence-electron chi connectivity index (χ4n) is 4.40. The third-order valence-electron chi connectivity index (χ3n) is 6.06. The summed E-state index contributed by atoms with van der Waals surface area (Å²) in [6, 6.07) is 8.24. The van der Waals surface area contributed by atoms with E-state index < -0.39 is 0 Å². The highest BCUT2D eigenvalue weighted by Crippen LogP contribution is 2.32. The Bertz CT molecular complexity index is 811. The fourth-order valence-corrected chi connectivity index (χ4v) is 5.49. The molecule has 150 valence electrons. The first-order chi connectivity index (χ1) is 13.6. The number of methoxy groups -OCH3 is 1. The summed E-state index contributed by atoms with van der Waals surface area (Å²) in [6.45, 7) is 3.87. The van der Waals surface area contributed by atoms with Gasteiger partial charge in [0.15, 0.2) is 6.54 Å². The molecule has 0 unspecified atom stereocenters. The van der Waals surface area contributed by atoms with Crippen LogP contribution in [0, 0.1) is 5.92 Å². The minimum absolute atomic E-state index is 0.00209. The number of benzene rings is 1. The van der Waals surface area contributed by atoms with Crippen molar-refractivity contribution in [2.24, 2.45) is 5.92 Å². The lowest BCUT2D eigenvalue weighted by atomic mass is 9.96. The summed E-state index contributed by atoms with van der Waals surface area (Å²) >= 11 is 1.76. The molecule has 2 aliphatic heterocycles. The number of quaternary nitrogens is 1. The highest BCUT2D eigenvalue weighted by molar-refractivity contribution is 7.18. The molecule has 28 heavy (non-hydrogen) atoms. The summed E-state index contributed by atoms with van der Waals surface area (Å²) in [5.74, 6) is 0.467. The van der Waals surface area contributed by atoms with Gasteiger partial charge in [-0.3, -0.25) is 9.59 Å². The lowest BCUT2D eigenvalue weighted by molar-refractivity contribution is -0.898. The van der Waals surface area contributed by atoms with Crippen molar-refractivity contribution in [2.45, 2.75) is 31.6 Å². The number of carbonyl (C=O) groups is 2. The van der Waals surface area contributed by atoms with E-state index in [0.717, 1.165) is 62.4 Å². The number of likely N-dealkylation sites (tertiary alicyclic amines) is 2. The van der Waals surface area contributed by atoms with Crippen LogP contribution in [0.3, 0.4) is 0 Å². The Hall–Kier alpha value is -1.99. The van der Waals surface area contributed by atoms with Crippen LogP contribution in [-0.2, 0) is 14.3 Å². The molecular formula is C21H28N3O3S+. The Labute approximate surface area is 169 Å². The van der Waals surface area contributed by atoms with Gasteiger partial charge in [0.25, 0.3) is 5.91 Å². The number of piperidine rings is 2. The van der Waals surface area contributed by atoms with Crippen LogP contribution in [-0.4, -0.2) is 61.6 Å². The van der Waals surface area contributed by atoms with Gasteiger partial charge in [-0.1, -0.05) is 12.1 Å². The normalized spacial score (nSPS) is 25.6. The van der Waals surface area contributed by atoms with Gasteiger partial charge in [-0.2, -0.15) is 0 Å². The van der Waals surface area contributed by atoms with Crippen molar-refractivity contribution in [2.75, 3.05) is 39.8 Å². The van der Waals surface area contributed by atoms with E-state index in [4.69, 9.17) is 9.72 Å². The molecule has 1 amide bonds. The van der Waals surface area contributed by atoms with E-state index in [1.165, 1.54) is 16.7 Å². The second-order valence-corrected chi connectivity index (χ2v) is 8.99. The van der Waals surface area contributed by atoms with E-state index in [1.54, 1.807) is 11.3 Å².